The van der Waals surface area contributed by atoms with Gasteiger partial charge >= 0.3 is 5.97 Å². The summed E-state index contributed by atoms with van der Waals surface area (Å²) in [6, 6.07) is 0. The van der Waals surface area contributed by atoms with Crippen LogP contribution in [0.2, 0.25) is 0 Å². The van der Waals surface area contributed by atoms with Crippen LogP contribution in [0.1, 0.15) is 77.6 Å². The fraction of sp³-hybridized carbons (Fsp3) is 0.591. The molecule has 0 aliphatic carbocycles. The van der Waals surface area contributed by atoms with Crippen molar-refractivity contribution in [2.24, 2.45) is 0 Å². The van der Waals surface area contributed by atoms with Crippen LogP contribution in [0, 0.1) is 0 Å². The van der Waals surface area contributed by atoms with Crippen molar-refractivity contribution in [2.45, 2.75) is 83.7 Å². The number of aliphatic hydroxyl groups is 1. The molecule has 0 radical (unpaired) electrons. The van der Waals surface area contributed by atoms with E-state index in [9.17, 15) is 9.90 Å². The van der Waals surface area contributed by atoms with Gasteiger partial charge in [0.2, 0.25) is 0 Å². The molecule has 0 aliphatic heterocycles. The molecule has 0 bridgehead atoms. The Hall–Kier alpha value is -1.61. The molecule has 2 N–H and O–H groups in total. The molecule has 142 valence electrons. The zero-order valence-electron chi connectivity index (χ0n) is 15.8. The zero-order valence-corrected chi connectivity index (χ0v) is 15.8. The molecule has 3 nitrogen and oxygen atoms in total. The zero-order chi connectivity index (χ0) is 18.6. The van der Waals surface area contributed by atoms with Gasteiger partial charge in [-0.3, -0.25) is 0 Å². The second-order valence-electron chi connectivity index (χ2n) is 6.39. The Balaban J connectivity index is 3.41. The smallest absolute Gasteiger partial charge is 0.328 e. The summed E-state index contributed by atoms with van der Waals surface area (Å²) in [4.78, 5) is 10.2. The molecule has 0 fully saturated rings. The van der Waals surface area contributed by atoms with Crippen LogP contribution in [0.4, 0.5) is 0 Å². The van der Waals surface area contributed by atoms with Crippen LogP contribution in [-0.2, 0) is 4.79 Å². The first kappa shape index (κ1) is 23.4. The highest BCUT2D eigenvalue weighted by Gasteiger charge is 2.02. The van der Waals surface area contributed by atoms with E-state index in [2.05, 4.69) is 13.0 Å². The van der Waals surface area contributed by atoms with Gasteiger partial charge in [0.1, 0.15) is 0 Å². The predicted octanol–water partition coefficient (Wildman–Crippen LogP) is 5.97. The van der Waals surface area contributed by atoms with E-state index in [4.69, 9.17) is 5.11 Å². The van der Waals surface area contributed by atoms with E-state index in [1.807, 2.05) is 18.2 Å². The Morgan fingerprint density at radius 1 is 0.800 bits per heavy atom. The molecule has 0 aromatic carbocycles. The molecule has 0 amide bonds. The number of carbonyl (C=O) groups is 1. The number of hydrogen-bond acceptors (Lipinski definition) is 2. The molecule has 0 aromatic rings. The summed E-state index contributed by atoms with van der Waals surface area (Å²) in [5.74, 6) is -0.934. The number of rotatable bonds is 16. The molecule has 0 heterocycles. The van der Waals surface area contributed by atoms with E-state index in [-0.39, 0.29) is 6.10 Å². The average Bonchev–Trinajstić information content (AvgIpc) is 2.58. The van der Waals surface area contributed by atoms with E-state index >= 15 is 0 Å². The molecule has 25 heavy (non-hydrogen) atoms. The standard InChI is InChI=1S/C22H36O3/c1-2-3-15-18-21(23)19-16-13-11-9-7-5-4-6-8-10-12-14-17-20-22(24)25/h4,6,8,10,12,14,17,20-21,23H,2-3,5,7,9,11,13,15-16,18-19H2,1H3,(H,24,25). The molecule has 3 heteroatoms. The van der Waals surface area contributed by atoms with Crippen molar-refractivity contribution in [3.8, 4) is 0 Å². The van der Waals surface area contributed by atoms with Gasteiger partial charge in [0.25, 0.3) is 0 Å². The topological polar surface area (TPSA) is 57.5 Å². The number of unbranched alkanes of at least 4 members (excludes halogenated alkanes) is 7. The fourth-order valence-electron chi connectivity index (χ4n) is 2.52. The molecule has 1 unspecified atom stereocenters. The van der Waals surface area contributed by atoms with Crippen LogP contribution < -0.4 is 0 Å². The predicted molar refractivity (Wildman–Crippen MR) is 107 cm³/mol. The monoisotopic (exact) mass is 348 g/mol. The first-order valence-corrected chi connectivity index (χ1v) is 9.74. The third-order valence-electron chi connectivity index (χ3n) is 3.98. The summed E-state index contributed by atoms with van der Waals surface area (Å²) in [5, 5.41) is 18.2. The quantitative estimate of drug-likeness (QED) is 0.205. The van der Waals surface area contributed by atoms with Gasteiger partial charge in [-0.25, -0.2) is 4.79 Å². The number of hydrogen-bond donors (Lipinski definition) is 2. The molecule has 1 atom stereocenters. The normalized spacial score (nSPS) is 13.7. The highest BCUT2D eigenvalue weighted by atomic mass is 16.4. The number of carboxylic acids is 1. The van der Waals surface area contributed by atoms with Crippen molar-refractivity contribution < 1.29 is 15.0 Å². The molecule has 0 saturated heterocycles. The van der Waals surface area contributed by atoms with Crippen LogP contribution >= 0.6 is 0 Å². The molecular formula is C22H36O3. The molecule has 0 spiro atoms. The summed E-state index contributed by atoms with van der Waals surface area (Å²) in [5.41, 5.74) is 0. The Morgan fingerprint density at radius 2 is 1.36 bits per heavy atom. The number of allylic oxidation sites excluding steroid dienone is 7. The van der Waals surface area contributed by atoms with E-state index in [1.165, 1.54) is 44.6 Å². The van der Waals surface area contributed by atoms with Crippen LogP contribution in [0.25, 0.3) is 0 Å². The van der Waals surface area contributed by atoms with Gasteiger partial charge in [-0.05, 0) is 25.7 Å². The largest absolute Gasteiger partial charge is 0.478 e. The highest BCUT2D eigenvalue weighted by molar-refractivity contribution is 5.80. The van der Waals surface area contributed by atoms with Gasteiger partial charge in [-0.1, -0.05) is 94.4 Å². The summed E-state index contributed by atoms with van der Waals surface area (Å²) >= 11 is 0. The molecule has 0 rings (SSSR count). The number of aliphatic carboxylic acids is 1. The van der Waals surface area contributed by atoms with Crippen molar-refractivity contribution in [3.63, 3.8) is 0 Å². The lowest BCUT2D eigenvalue weighted by Gasteiger charge is -2.09. The first-order valence-electron chi connectivity index (χ1n) is 9.74. The van der Waals surface area contributed by atoms with E-state index < -0.39 is 5.97 Å². The SMILES string of the molecule is CCCCCC(O)CCCCCCCC=CC=CC=CC=CC(=O)O. The van der Waals surface area contributed by atoms with Gasteiger partial charge < -0.3 is 10.2 Å². The van der Waals surface area contributed by atoms with Crippen LogP contribution in [0.3, 0.4) is 0 Å². The highest BCUT2D eigenvalue weighted by Crippen LogP contribution is 2.12. The van der Waals surface area contributed by atoms with E-state index in [0.717, 1.165) is 38.2 Å². The third kappa shape index (κ3) is 20.3. The van der Waals surface area contributed by atoms with Gasteiger partial charge in [-0.15, -0.1) is 0 Å². The van der Waals surface area contributed by atoms with Crippen molar-refractivity contribution in [2.75, 3.05) is 0 Å². The van der Waals surface area contributed by atoms with Gasteiger partial charge in [-0.2, -0.15) is 0 Å². The minimum absolute atomic E-state index is 0.0880. The maximum absolute atomic E-state index is 10.2. The number of aliphatic hydroxyl groups excluding tert-OH is 1. The van der Waals surface area contributed by atoms with E-state index in [0.29, 0.717) is 0 Å². The lowest BCUT2D eigenvalue weighted by atomic mass is 10.0. The second kappa shape index (κ2) is 18.7. The van der Waals surface area contributed by atoms with Crippen molar-refractivity contribution in [3.05, 3.63) is 48.6 Å². The van der Waals surface area contributed by atoms with Gasteiger partial charge in [0, 0.05) is 6.08 Å². The maximum Gasteiger partial charge on any atom is 0.328 e. The fourth-order valence-corrected chi connectivity index (χ4v) is 2.52. The van der Waals surface area contributed by atoms with Crippen molar-refractivity contribution >= 4 is 5.97 Å². The second-order valence-corrected chi connectivity index (χ2v) is 6.39. The molecular weight excluding hydrogens is 312 g/mol. The van der Waals surface area contributed by atoms with Crippen LogP contribution in [0.5, 0.6) is 0 Å². The first-order chi connectivity index (χ1) is 12.2. The Labute approximate surface area is 153 Å². The summed E-state index contributed by atoms with van der Waals surface area (Å²) in [6.07, 6.45) is 26.8. The molecule has 0 saturated carbocycles. The van der Waals surface area contributed by atoms with E-state index in [1.54, 1.807) is 12.2 Å². The van der Waals surface area contributed by atoms with Crippen molar-refractivity contribution in [1.82, 2.24) is 0 Å². The molecule has 0 aliphatic rings. The minimum Gasteiger partial charge on any atom is -0.478 e. The lowest BCUT2D eigenvalue weighted by molar-refractivity contribution is -0.131. The van der Waals surface area contributed by atoms with Crippen molar-refractivity contribution in [1.29, 1.82) is 0 Å². The Bertz CT molecular complexity index is 419. The molecule has 0 aromatic heterocycles. The number of carboxylic acid groups (broad SMARTS) is 1. The minimum atomic E-state index is -0.934. The summed E-state index contributed by atoms with van der Waals surface area (Å²) in [6.45, 7) is 2.19. The van der Waals surface area contributed by atoms with Gasteiger partial charge in [0.05, 0.1) is 6.10 Å². The van der Waals surface area contributed by atoms with Crippen LogP contribution in [-0.4, -0.2) is 22.3 Å². The lowest BCUT2D eigenvalue weighted by Crippen LogP contribution is -2.05. The average molecular weight is 349 g/mol. The summed E-state index contributed by atoms with van der Waals surface area (Å²) < 4.78 is 0. The Kier molecular flexibility index (Phi) is 17.5. The Morgan fingerprint density at radius 3 is 2.04 bits per heavy atom. The maximum atomic E-state index is 10.2. The third-order valence-corrected chi connectivity index (χ3v) is 3.98. The van der Waals surface area contributed by atoms with Gasteiger partial charge in [0.15, 0.2) is 0 Å². The van der Waals surface area contributed by atoms with Crippen LogP contribution in [0.15, 0.2) is 48.6 Å². The summed E-state index contributed by atoms with van der Waals surface area (Å²) in [7, 11) is 0.